The van der Waals surface area contributed by atoms with E-state index in [2.05, 4.69) is 24.0 Å². The van der Waals surface area contributed by atoms with Gasteiger partial charge in [-0.25, -0.2) is 13.4 Å². The van der Waals surface area contributed by atoms with Crippen LogP contribution < -0.4 is 4.90 Å². The third kappa shape index (κ3) is 5.90. The van der Waals surface area contributed by atoms with Crippen LogP contribution in [0.25, 0.3) is 10.2 Å². The summed E-state index contributed by atoms with van der Waals surface area (Å²) in [4.78, 5) is 22.3. The minimum atomic E-state index is -3.61. The van der Waals surface area contributed by atoms with E-state index in [9.17, 15) is 13.2 Å². The molecule has 4 rings (SSSR count). The lowest BCUT2D eigenvalue weighted by molar-refractivity contribution is 0.0730. The molecule has 0 N–H and O–H groups in total. The van der Waals surface area contributed by atoms with Crippen molar-refractivity contribution in [3.05, 3.63) is 53.6 Å². The van der Waals surface area contributed by atoms with E-state index >= 15 is 0 Å². The summed E-state index contributed by atoms with van der Waals surface area (Å²) in [6.45, 7) is 4.92. The quantitative estimate of drug-likeness (QED) is 0.433. The van der Waals surface area contributed by atoms with Crippen LogP contribution in [0, 0.1) is 0 Å². The molecule has 0 radical (unpaired) electrons. The van der Waals surface area contributed by atoms with E-state index < -0.39 is 10.0 Å². The fraction of sp³-hybridized carbons (Fsp3) is 0.440. The molecule has 10 heteroatoms. The Morgan fingerprint density at radius 3 is 2.46 bits per heavy atom. The molecule has 0 aliphatic carbocycles. The Bertz CT molecular complexity index is 1270. The summed E-state index contributed by atoms with van der Waals surface area (Å²) in [7, 11) is 0.395. The van der Waals surface area contributed by atoms with E-state index in [1.54, 1.807) is 17.0 Å². The first kappa shape index (κ1) is 25.7. The summed E-state index contributed by atoms with van der Waals surface area (Å²) in [5.41, 5.74) is 2.54. The number of fused-ring (bicyclic) bond motifs is 1. The summed E-state index contributed by atoms with van der Waals surface area (Å²) >= 11 is 1.51. The van der Waals surface area contributed by atoms with Crippen LogP contribution in [0.2, 0.25) is 0 Å². The SMILES string of the molecule is CCc1ccc2nc(N(CCCN(C)C)C(=O)c3ccc(S(=O)(=O)N4CCOCC4)cc3)sc2c1. The molecule has 0 spiro atoms. The summed E-state index contributed by atoms with van der Waals surface area (Å²) in [6.07, 6.45) is 1.73. The van der Waals surface area contributed by atoms with Crippen molar-refractivity contribution < 1.29 is 17.9 Å². The second kappa shape index (κ2) is 11.1. The van der Waals surface area contributed by atoms with Crippen molar-refractivity contribution in [2.24, 2.45) is 0 Å². The molecule has 0 bridgehead atoms. The number of morpholine rings is 1. The number of nitrogens with zero attached hydrogens (tertiary/aromatic N) is 4. The van der Waals surface area contributed by atoms with Crippen molar-refractivity contribution in [2.75, 3.05) is 58.4 Å². The lowest BCUT2D eigenvalue weighted by Gasteiger charge is -2.26. The fourth-order valence-electron chi connectivity index (χ4n) is 3.98. The number of carbonyl (C=O) groups is 1. The molecule has 35 heavy (non-hydrogen) atoms. The Balaban J connectivity index is 1.60. The van der Waals surface area contributed by atoms with Gasteiger partial charge >= 0.3 is 0 Å². The van der Waals surface area contributed by atoms with E-state index in [1.807, 2.05) is 20.2 Å². The van der Waals surface area contributed by atoms with Crippen LogP contribution in [-0.2, 0) is 21.2 Å². The Morgan fingerprint density at radius 2 is 1.80 bits per heavy atom. The normalized spacial score (nSPS) is 15.1. The number of benzene rings is 2. The molecule has 1 fully saturated rings. The Hall–Kier alpha value is -2.37. The summed E-state index contributed by atoms with van der Waals surface area (Å²) in [6, 6.07) is 12.4. The van der Waals surface area contributed by atoms with Crippen LogP contribution in [0.5, 0.6) is 0 Å². The molecule has 0 atom stereocenters. The van der Waals surface area contributed by atoms with Gasteiger partial charge in [0.2, 0.25) is 10.0 Å². The Kier molecular flexibility index (Phi) is 8.18. The number of hydrogen-bond donors (Lipinski definition) is 0. The molecule has 1 saturated heterocycles. The Morgan fingerprint density at radius 1 is 1.09 bits per heavy atom. The van der Waals surface area contributed by atoms with Gasteiger partial charge < -0.3 is 9.64 Å². The molecule has 0 unspecified atom stereocenters. The van der Waals surface area contributed by atoms with Crippen molar-refractivity contribution in [3.63, 3.8) is 0 Å². The number of ether oxygens (including phenoxy) is 1. The van der Waals surface area contributed by atoms with Crippen LogP contribution in [0.3, 0.4) is 0 Å². The highest BCUT2D eigenvalue weighted by atomic mass is 32.2. The molecule has 3 aromatic rings. The first-order chi connectivity index (χ1) is 16.8. The fourth-order valence-corrected chi connectivity index (χ4v) is 6.44. The highest BCUT2D eigenvalue weighted by molar-refractivity contribution is 7.89. The van der Waals surface area contributed by atoms with Crippen molar-refractivity contribution in [3.8, 4) is 0 Å². The van der Waals surface area contributed by atoms with Crippen molar-refractivity contribution in [1.29, 1.82) is 0 Å². The third-order valence-electron chi connectivity index (χ3n) is 6.02. The topological polar surface area (TPSA) is 83.1 Å². The maximum Gasteiger partial charge on any atom is 0.260 e. The van der Waals surface area contributed by atoms with Crippen LogP contribution in [0.1, 0.15) is 29.3 Å². The molecule has 2 heterocycles. The molecule has 0 saturated carbocycles. The molecule has 8 nitrogen and oxygen atoms in total. The zero-order valence-corrected chi connectivity index (χ0v) is 22.1. The van der Waals surface area contributed by atoms with E-state index in [0.717, 1.165) is 29.6 Å². The van der Waals surface area contributed by atoms with Gasteiger partial charge in [0.25, 0.3) is 5.91 Å². The standard InChI is InChI=1S/C25H32N4O4S2/c1-4-19-6-11-22-23(18-19)34-25(26-22)29(13-5-12-27(2)3)24(30)20-7-9-21(10-8-20)35(31,32)28-14-16-33-17-15-28/h6-11,18H,4-5,12-17H2,1-3H3. The monoisotopic (exact) mass is 516 g/mol. The van der Waals surface area contributed by atoms with Crippen molar-refractivity contribution >= 4 is 42.6 Å². The summed E-state index contributed by atoms with van der Waals surface area (Å²) < 4.78 is 33.6. The smallest absolute Gasteiger partial charge is 0.260 e. The van der Waals surface area contributed by atoms with E-state index in [0.29, 0.717) is 43.5 Å². The van der Waals surface area contributed by atoms with Crippen LogP contribution in [0.15, 0.2) is 47.4 Å². The molecule has 188 valence electrons. The van der Waals surface area contributed by atoms with E-state index in [-0.39, 0.29) is 10.8 Å². The van der Waals surface area contributed by atoms with Gasteiger partial charge in [-0.2, -0.15) is 4.31 Å². The molecule has 1 amide bonds. The predicted molar refractivity (Wildman–Crippen MR) is 140 cm³/mol. The van der Waals surface area contributed by atoms with Gasteiger partial charge in [0, 0.05) is 25.2 Å². The van der Waals surface area contributed by atoms with Gasteiger partial charge in [0.15, 0.2) is 5.13 Å². The molecule has 2 aromatic carbocycles. The summed E-state index contributed by atoms with van der Waals surface area (Å²) in [5, 5.41) is 0.655. The van der Waals surface area contributed by atoms with Gasteiger partial charge in [-0.3, -0.25) is 9.69 Å². The first-order valence-electron chi connectivity index (χ1n) is 11.8. The lowest BCUT2D eigenvalue weighted by Crippen LogP contribution is -2.40. The first-order valence-corrected chi connectivity index (χ1v) is 14.1. The van der Waals surface area contributed by atoms with Crippen molar-refractivity contribution in [1.82, 2.24) is 14.2 Å². The number of thiazole rings is 1. The number of rotatable bonds is 9. The van der Waals surface area contributed by atoms with E-state index in [1.165, 1.54) is 33.3 Å². The minimum absolute atomic E-state index is 0.183. The molecular formula is C25H32N4O4S2. The van der Waals surface area contributed by atoms with Gasteiger partial charge in [-0.1, -0.05) is 24.3 Å². The largest absolute Gasteiger partial charge is 0.379 e. The number of aromatic nitrogens is 1. The van der Waals surface area contributed by atoms with Crippen LogP contribution >= 0.6 is 11.3 Å². The zero-order chi connectivity index (χ0) is 25.0. The highest BCUT2D eigenvalue weighted by Gasteiger charge is 2.27. The summed E-state index contributed by atoms with van der Waals surface area (Å²) in [5.74, 6) is -0.186. The zero-order valence-electron chi connectivity index (χ0n) is 20.4. The average molecular weight is 517 g/mol. The van der Waals surface area contributed by atoms with Crippen molar-refractivity contribution in [2.45, 2.75) is 24.7 Å². The number of carbonyl (C=O) groups excluding carboxylic acids is 1. The Labute approximate surface area is 211 Å². The second-order valence-electron chi connectivity index (χ2n) is 8.81. The number of hydrogen-bond acceptors (Lipinski definition) is 7. The van der Waals surface area contributed by atoms with Gasteiger partial charge in [-0.15, -0.1) is 0 Å². The van der Waals surface area contributed by atoms with Gasteiger partial charge in [0.1, 0.15) is 0 Å². The molecular weight excluding hydrogens is 484 g/mol. The maximum atomic E-state index is 13.6. The third-order valence-corrected chi connectivity index (χ3v) is 8.98. The number of amides is 1. The van der Waals surface area contributed by atoms with Crippen LogP contribution in [0.4, 0.5) is 5.13 Å². The van der Waals surface area contributed by atoms with Gasteiger partial charge in [-0.05, 0) is 75.4 Å². The highest BCUT2D eigenvalue weighted by Crippen LogP contribution is 2.31. The second-order valence-corrected chi connectivity index (χ2v) is 11.8. The number of anilines is 1. The average Bonchev–Trinajstić information content (AvgIpc) is 3.29. The molecule has 1 aliphatic heterocycles. The molecule has 1 aromatic heterocycles. The lowest BCUT2D eigenvalue weighted by atomic mass is 10.2. The number of aryl methyl sites for hydroxylation is 1. The van der Waals surface area contributed by atoms with E-state index in [4.69, 9.17) is 9.72 Å². The predicted octanol–water partition coefficient (Wildman–Crippen LogP) is 3.48. The number of sulfonamides is 1. The molecule has 1 aliphatic rings. The minimum Gasteiger partial charge on any atom is -0.379 e. The maximum absolute atomic E-state index is 13.6. The van der Waals surface area contributed by atoms with Gasteiger partial charge in [0.05, 0.1) is 28.3 Å². The van der Waals surface area contributed by atoms with Crippen LogP contribution in [-0.4, -0.2) is 82.0 Å².